The number of aromatic amines is 1. The number of halogens is 8. The molecule has 4 unspecified atom stereocenters. The van der Waals surface area contributed by atoms with Crippen molar-refractivity contribution in [1.29, 1.82) is 0 Å². The highest BCUT2D eigenvalue weighted by molar-refractivity contribution is 6.18. The molecule has 754 valence electrons. The van der Waals surface area contributed by atoms with E-state index in [1.165, 1.54) is 72.6 Å². The van der Waals surface area contributed by atoms with E-state index in [0.29, 0.717) is 62.6 Å². The van der Waals surface area contributed by atoms with Gasteiger partial charge in [-0.2, -0.15) is 26.3 Å². The molecular formula is C107H98F8N14O17. The first-order valence-corrected chi connectivity index (χ1v) is 44.4. The lowest BCUT2D eigenvalue weighted by atomic mass is 9.79. The summed E-state index contributed by atoms with van der Waals surface area (Å²) in [7, 11) is 10.6. The maximum atomic E-state index is 14.5. The number of hydrogen-bond acceptors (Lipinski definition) is 23. The van der Waals surface area contributed by atoms with Crippen molar-refractivity contribution in [2.45, 2.75) is 79.9 Å². The van der Waals surface area contributed by atoms with Crippen LogP contribution in [0.1, 0.15) is 143 Å². The van der Waals surface area contributed by atoms with Gasteiger partial charge in [0, 0.05) is 145 Å². The van der Waals surface area contributed by atoms with E-state index in [2.05, 4.69) is 88.8 Å². The average molecular weight is 2000 g/mol. The van der Waals surface area contributed by atoms with Crippen LogP contribution in [0.2, 0.25) is 0 Å². The molecule has 0 spiro atoms. The molecule has 6 amide bonds. The Morgan fingerprint density at radius 3 is 1.46 bits per heavy atom. The van der Waals surface area contributed by atoms with Crippen molar-refractivity contribution in [1.82, 2.24) is 41.8 Å². The van der Waals surface area contributed by atoms with E-state index in [0.717, 1.165) is 110 Å². The molecule has 0 saturated carbocycles. The van der Waals surface area contributed by atoms with Gasteiger partial charge in [-0.15, -0.1) is 6.42 Å². The van der Waals surface area contributed by atoms with Crippen LogP contribution in [0, 0.1) is 59.5 Å². The number of amides is 6. The standard InChI is InChI=1S/C27H23F4N5O2.C23H22N2O6.C19H21N5O.C19H18N2O4.C11H10O2.C8H4F4O2/c1-36(2)13-14-5-3-6-15(9-14)24-19-12-32-35-26(38)18-10-16(11-21(34-24)22(18)19)33-25(37)17-7-4-8-20(23(17)28)27(29,30)31;1-14(26)24-19-11-21(23(29)30-4)20(22(12-19)25-15(2)27)9-8-17-6-5-7-18(10-17)13-31-16(3)28;1-24(2)10-11-4-3-5-12(6-11)18-15-9-21-23-19(25)14-7-13(20)8-16(22-18)17(14)15;1-11(23)20-14-7-16(19(24)25-2)15-9-17(21-18(15)8-14)13-5-3-4-12(6-13)10-22;1-3-10-5-4-6-11(7-10)8-13-9(2)12;9-6-4(7(13)14)2-1-3-5(6)8(10,11)12/h3-12,18,22,32H,13H2,1-2H3,(H,33,37)(H,35,38);5-7,10-12H,13H2,1-4H3,(H,24,26)(H,25,27);3-9,14,17,21H,10,20H2,1-2H3,(H,23,25);3-9,21-22H,10H2,1-2H3,(H,20,23);1,4-7H,8H2,2H3;1-3H,(H,13,14). The quantitative estimate of drug-likeness (QED) is 0.0146. The van der Waals surface area contributed by atoms with Crippen molar-refractivity contribution in [2.24, 2.45) is 39.4 Å². The van der Waals surface area contributed by atoms with Crippen molar-refractivity contribution >= 4 is 105 Å². The lowest BCUT2D eigenvalue weighted by molar-refractivity contribution is -0.143. The van der Waals surface area contributed by atoms with E-state index in [-0.39, 0.29) is 89.7 Å². The number of nitrogens with one attached hydrogen (secondary N) is 9. The number of anilines is 3. The largest absolute Gasteiger partial charge is 0.478 e. The average Bonchev–Trinajstić information content (AvgIpc) is 1.60. The van der Waals surface area contributed by atoms with Crippen LogP contribution < -0.4 is 48.7 Å². The minimum absolute atomic E-state index is 0.0475. The summed E-state index contributed by atoms with van der Waals surface area (Å²) < 4.78 is 122. The molecule has 10 aromatic rings. The van der Waals surface area contributed by atoms with E-state index in [9.17, 15) is 93.0 Å². The Kier molecular flexibility index (Phi) is 36.2. The first kappa shape index (κ1) is 109. The summed E-state index contributed by atoms with van der Waals surface area (Å²) in [4.78, 5) is 146. The van der Waals surface area contributed by atoms with Crippen LogP contribution in [-0.2, 0) is 97.8 Å². The number of terminal acetylenes is 1. The third-order valence-corrected chi connectivity index (χ3v) is 21.9. The van der Waals surface area contributed by atoms with Gasteiger partial charge in [0.05, 0.1) is 100 Å². The summed E-state index contributed by atoms with van der Waals surface area (Å²) in [5.41, 5.74) is 29.7. The molecular weight excluding hydrogens is 1910 g/mol. The van der Waals surface area contributed by atoms with Crippen molar-refractivity contribution in [3.63, 3.8) is 0 Å². The number of aliphatic hydroxyl groups excluding tert-OH is 1. The van der Waals surface area contributed by atoms with E-state index in [4.69, 9.17) is 46.2 Å². The van der Waals surface area contributed by atoms with Gasteiger partial charge in [-0.05, 0) is 183 Å². The summed E-state index contributed by atoms with van der Waals surface area (Å²) >= 11 is 0. The van der Waals surface area contributed by atoms with Crippen LogP contribution >= 0.6 is 0 Å². The topological polar surface area (TPSA) is 434 Å². The molecule has 0 saturated heterocycles. The molecule has 5 heterocycles. The second-order valence-corrected chi connectivity index (χ2v) is 33.6. The van der Waals surface area contributed by atoms with E-state index < -0.39 is 87.9 Å². The Morgan fingerprint density at radius 1 is 0.507 bits per heavy atom. The highest BCUT2D eigenvalue weighted by Gasteiger charge is 2.45. The van der Waals surface area contributed by atoms with Crippen molar-refractivity contribution in [2.75, 3.05) is 58.4 Å². The zero-order valence-corrected chi connectivity index (χ0v) is 80.2. The molecule has 9 aromatic carbocycles. The predicted octanol–water partition coefficient (Wildman–Crippen LogP) is 14.9. The van der Waals surface area contributed by atoms with E-state index >= 15 is 0 Å². The fourth-order valence-electron chi connectivity index (χ4n) is 15.8. The number of aliphatic hydroxyl groups is 1. The minimum Gasteiger partial charge on any atom is -0.478 e. The molecule has 0 radical (unpaired) electrons. The summed E-state index contributed by atoms with van der Waals surface area (Å²) in [6.45, 7) is 8.68. The van der Waals surface area contributed by atoms with Crippen LogP contribution in [-0.4, -0.2) is 144 Å². The molecule has 6 aliphatic rings. The number of hydrogen-bond donors (Lipinski definition) is 12. The van der Waals surface area contributed by atoms with Crippen LogP contribution in [0.4, 0.5) is 52.2 Å². The molecule has 16 rings (SSSR count). The van der Waals surface area contributed by atoms with E-state index in [1.807, 2.05) is 136 Å². The fourth-order valence-corrected chi connectivity index (χ4v) is 15.8. The van der Waals surface area contributed by atoms with Gasteiger partial charge in [-0.3, -0.25) is 59.2 Å². The number of hydrazine groups is 2. The second-order valence-electron chi connectivity index (χ2n) is 33.6. The summed E-state index contributed by atoms with van der Waals surface area (Å²) in [5.74, 6) is -2.75. The summed E-state index contributed by atoms with van der Waals surface area (Å²) in [6.07, 6.45) is 5.63. The maximum Gasteiger partial charge on any atom is 0.419 e. The number of allylic oxidation sites excluding steroid dienone is 4. The Hall–Kier alpha value is -17.7. The number of carbonyl (C=O) groups is 11. The number of H-pyrrole nitrogens is 1. The number of benzene rings is 9. The highest BCUT2D eigenvalue weighted by Crippen LogP contribution is 2.46. The van der Waals surface area contributed by atoms with Gasteiger partial charge < -0.3 is 81.8 Å². The van der Waals surface area contributed by atoms with Gasteiger partial charge in [0.2, 0.25) is 29.5 Å². The number of esters is 4. The molecule has 13 N–H and O–H groups in total. The number of ether oxygens (including phenoxy) is 4. The number of rotatable bonds is 20. The molecule has 4 atom stereocenters. The van der Waals surface area contributed by atoms with Crippen molar-refractivity contribution < 1.29 is 117 Å². The van der Waals surface area contributed by atoms with Gasteiger partial charge in [0.1, 0.15) is 24.8 Å². The van der Waals surface area contributed by atoms with Crippen LogP contribution in [0.5, 0.6) is 0 Å². The Bertz CT molecular complexity index is 7190. The normalized spacial score (nSPS) is 15.2. The lowest BCUT2D eigenvalue weighted by Gasteiger charge is -2.24. The predicted molar refractivity (Wildman–Crippen MR) is 527 cm³/mol. The number of carbonyl (C=O) groups excluding carboxylic acids is 10. The molecule has 2 aliphatic carbocycles. The second kappa shape index (κ2) is 48.7. The number of carboxylic acid groups (broad SMARTS) is 1. The maximum absolute atomic E-state index is 14.5. The number of carboxylic acids is 1. The third-order valence-electron chi connectivity index (χ3n) is 21.9. The SMILES string of the molecule is C#Cc1cccc(COC(C)=O)c1.CN(C)Cc1cccc(C2=NC3=CC(N)=CC4C(=O)NNC=C2C34)c1.CN(C)Cc1cccc(C2=NC3=CC(NC(=O)c4cccc(C(F)(F)F)c4F)=CC4C(=O)NNC=C2C34)c1.COC(=O)c1cc(NC(C)=O)cc(NC(C)=O)c1C#Cc1cccc(COC(C)=O)c1.COC(=O)c1cc(NC(C)=O)cc2[nH]c(-c3cccc(CO)c3)cc12.O=C(O)c1cccc(C(F)(F)F)c1F. The van der Waals surface area contributed by atoms with Gasteiger partial charge in [0.15, 0.2) is 0 Å². The van der Waals surface area contributed by atoms with E-state index in [1.54, 1.807) is 48.7 Å². The third kappa shape index (κ3) is 28.6. The zero-order valence-electron chi connectivity index (χ0n) is 80.2. The van der Waals surface area contributed by atoms with Crippen LogP contribution in [0.25, 0.3) is 22.2 Å². The molecule has 0 fully saturated rings. The van der Waals surface area contributed by atoms with Crippen molar-refractivity contribution in [3.8, 4) is 35.4 Å². The molecule has 1 aromatic heterocycles. The zero-order chi connectivity index (χ0) is 106. The van der Waals surface area contributed by atoms with Crippen LogP contribution in [0.15, 0.2) is 269 Å². The van der Waals surface area contributed by atoms with Gasteiger partial charge in [-0.1, -0.05) is 109 Å². The van der Waals surface area contributed by atoms with Crippen LogP contribution in [0.3, 0.4) is 0 Å². The summed E-state index contributed by atoms with van der Waals surface area (Å²) in [5, 5.41) is 28.7. The number of methoxy groups -OCH3 is 2. The fraction of sp³-hybridized carbons (Fsp3) is 0.206. The number of alkyl halides is 6. The number of nitrogens with two attached hydrogens (primary N) is 1. The van der Waals surface area contributed by atoms with Crippen molar-refractivity contribution in [3.05, 3.63) is 359 Å². The smallest absolute Gasteiger partial charge is 0.419 e. The monoisotopic (exact) mass is 2000 g/mol. The lowest BCUT2D eigenvalue weighted by Crippen LogP contribution is -2.39. The number of nitrogens with zero attached hydrogens (tertiary/aromatic N) is 4. The molecule has 31 nitrogen and oxygen atoms in total. The molecule has 146 heavy (non-hydrogen) atoms. The number of aliphatic imine (C=N–C) groups is 2. The molecule has 39 heteroatoms. The number of aromatic nitrogens is 1. The number of fused-ring (bicyclic) bond motifs is 1. The minimum atomic E-state index is -4.95. The Labute approximate surface area is 831 Å². The Balaban J connectivity index is 0.000000172. The Morgan fingerprint density at radius 2 is 0.959 bits per heavy atom. The molecule has 4 aliphatic heterocycles. The highest BCUT2D eigenvalue weighted by atomic mass is 19.4. The van der Waals surface area contributed by atoms with Gasteiger partial charge in [-0.25, -0.2) is 23.2 Å². The first-order chi connectivity index (χ1) is 69.3. The first-order valence-electron chi connectivity index (χ1n) is 44.4. The summed E-state index contributed by atoms with van der Waals surface area (Å²) in [6, 6.07) is 50.9. The van der Waals surface area contributed by atoms with Gasteiger partial charge in [0.25, 0.3) is 5.91 Å². The number of aromatic carboxylic acids is 1. The van der Waals surface area contributed by atoms with Gasteiger partial charge >= 0.3 is 42.2 Å². The molecule has 0 bridgehead atoms.